The Balaban J connectivity index is 2.13. The zero-order chi connectivity index (χ0) is 13.2. The fraction of sp³-hybridized carbons (Fsp3) is 0.462. The van der Waals surface area contributed by atoms with Crippen molar-refractivity contribution in [2.24, 2.45) is 0 Å². The molecule has 1 unspecified atom stereocenters. The van der Waals surface area contributed by atoms with Gasteiger partial charge in [0.1, 0.15) is 0 Å². The molecule has 4 nitrogen and oxygen atoms in total. The average molecular weight is 313 g/mol. The van der Waals surface area contributed by atoms with Crippen LogP contribution in [0.4, 0.5) is 5.69 Å². The minimum absolute atomic E-state index is 0.0604. The van der Waals surface area contributed by atoms with E-state index in [1.807, 2.05) is 6.92 Å². The first-order valence-corrected chi connectivity index (χ1v) is 6.86. The Morgan fingerprint density at radius 2 is 2.28 bits per heavy atom. The number of carbonyl (C=O) groups is 1. The van der Waals surface area contributed by atoms with Crippen molar-refractivity contribution in [3.8, 4) is 5.75 Å². The monoisotopic (exact) mass is 312 g/mol. The lowest BCUT2D eigenvalue weighted by molar-refractivity contribution is -0.122. The summed E-state index contributed by atoms with van der Waals surface area (Å²) >= 11 is 3.23. The van der Waals surface area contributed by atoms with Crippen LogP contribution in [0.5, 0.6) is 5.75 Å². The van der Waals surface area contributed by atoms with E-state index in [4.69, 9.17) is 0 Å². The van der Waals surface area contributed by atoms with E-state index in [0.29, 0.717) is 10.2 Å². The van der Waals surface area contributed by atoms with Crippen LogP contribution in [0.3, 0.4) is 0 Å². The molecule has 0 radical (unpaired) electrons. The van der Waals surface area contributed by atoms with Crippen LogP contribution < -0.4 is 10.6 Å². The summed E-state index contributed by atoms with van der Waals surface area (Å²) in [6.45, 7) is 2.75. The summed E-state index contributed by atoms with van der Waals surface area (Å²) in [6, 6.07) is 5.19. The number of phenols is 1. The molecule has 18 heavy (non-hydrogen) atoms. The number of halogens is 1. The van der Waals surface area contributed by atoms with Gasteiger partial charge in [-0.2, -0.15) is 0 Å². The molecule has 1 saturated heterocycles. The Morgan fingerprint density at radius 1 is 1.50 bits per heavy atom. The topological polar surface area (TPSA) is 61.4 Å². The van der Waals surface area contributed by atoms with Gasteiger partial charge in [0, 0.05) is 0 Å². The molecule has 0 bridgehead atoms. The van der Waals surface area contributed by atoms with Gasteiger partial charge < -0.3 is 15.7 Å². The summed E-state index contributed by atoms with van der Waals surface area (Å²) in [6.07, 6.45) is 2.96. The normalized spacial score (nSPS) is 23.7. The molecular weight excluding hydrogens is 296 g/mol. The molecule has 0 saturated carbocycles. The van der Waals surface area contributed by atoms with Gasteiger partial charge in [0.25, 0.3) is 0 Å². The van der Waals surface area contributed by atoms with Gasteiger partial charge in [-0.05, 0) is 60.8 Å². The summed E-state index contributed by atoms with van der Waals surface area (Å²) in [5.41, 5.74) is -0.115. The van der Waals surface area contributed by atoms with Gasteiger partial charge in [0.15, 0.2) is 5.75 Å². The third-order valence-corrected chi connectivity index (χ3v) is 3.99. The van der Waals surface area contributed by atoms with Crippen molar-refractivity contribution in [2.45, 2.75) is 31.7 Å². The molecule has 3 N–H and O–H groups in total. The van der Waals surface area contributed by atoms with Crippen molar-refractivity contribution in [1.29, 1.82) is 0 Å². The molecule has 0 spiro atoms. The molecule has 1 atom stereocenters. The molecule has 1 heterocycles. The minimum atomic E-state index is -0.549. The fourth-order valence-corrected chi connectivity index (χ4v) is 2.49. The van der Waals surface area contributed by atoms with Gasteiger partial charge in [-0.1, -0.05) is 6.07 Å². The second-order valence-electron chi connectivity index (χ2n) is 4.81. The highest BCUT2D eigenvalue weighted by Gasteiger charge is 2.34. The quantitative estimate of drug-likeness (QED) is 0.736. The predicted molar refractivity (Wildman–Crippen MR) is 74.7 cm³/mol. The van der Waals surface area contributed by atoms with Crippen LogP contribution in [0.1, 0.15) is 26.2 Å². The van der Waals surface area contributed by atoms with E-state index in [9.17, 15) is 9.90 Å². The van der Waals surface area contributed by atoms with Crippen molar-refractivity contribution in [2.75, 3.05) is 11.9 Å². The highest BCUT2D eigenvalue weighted by atomic mass is 79.9. The number of rotatable bonds is 2. The highest BCUT2D eigenvalue weighted by Crippen LogP contribution is 2.32. The van der Waals surface area contributed by atoms with Gasteiger partial charge in [-0.15, -0.1) is 0 Å². The molecule has 1 aromatic rings. The Hall–Kier alpha value is -1.07. The van der Waals surface area contributed by atoms with E-state index in [0.717, 1.165) is 25.8 Å². The van der Waals surface area contributed by atoms with E-state index < -0.39 is 5.54 Å². The molecule has 0 aliphatic carbocycles. The van der Waals surface area contributed by atoms with Crippen LogP contribution in [-0.4, -0.2) is 23.1 Å². The van der Waals surface area contributed by atoms with E-state index in [1.165, 1.54) is 0 Å². The molecule has 1 amide bonds. The highest BCUT2D eigenvalue weighted by molar-refractivity contribution is 9.10. The third-order valence-electron chi connectivity index (χ3n) is 3.35. The molecule has 2 rings (SSSR count). The smallest absolute Gasteiger partial charge is 0.244 e. The standard InChI is InChI=1S/C13H17BrN2O2/c1-13(7-2-3-8-15-13)12(18)16-10-6-4-5-9(14)11(10)17/h4-6,15,17H,2-3,7-8H2,1H3,(H,16,18). The first kappa shape index (κ1) is 13.4. The van der Waals surface area contributed by atoms with Crippen molar-refractivity contribution < 1.29 is 9.90 Å². The number of para-hydroxylation sites is 1. The Labute approximate surface area is 115 Å². The summed E-state index contributed by atoms with van der Waals surface area (Å²) in [5.74, 6) is -0.0409. The van der Waals surface area contributed by atoms with E-state index >= 15 is 0 Å². The average Bonchev–Trinajstić information content (AvgIpc) is 2.36. The molecule has 0 aromatic heterocycles. The van der Waals surface area contributed by atoms with Crippen LogP contribution in [0.25, 0.3) is 0 Å². The first-order chi connectivity index (χ1) is 8.53. The number of carbonyl (C=O) groups excluding carboxylic acids is 1. The number of piperidine rings is 1. The summed E-state index contributed by atoms with van der Waals surface area (Å²) < 4.78 is 0.571. The molecule has 1 aliphatic rings. The SMILES string of the molecule is CC1(C(=O)Nc2cccc(Br)c2O)CCCCN1. The zero-order valence-electron chi connectivity index (χ0n) is 10.3. The number of hydrogen-bond donors (Lipinski definition) is 3. The number of hydrogen-bond acceptors (Lipinski definition) is 3. The van der Waals surface area contributed by atoms with Gasteiger partial charge in [-0.25, -0.2) is 0 Å². The number of nitrogens with one attached hydrogen (secondary N) is 2. The summed E-state index contributed by atoms with van der Waals surface area (Å²) in [5, 5.41) is 15.9. The molecule has 1 fully saturated rings. The third kappa shape index (κ3) is 2.67. The minimum Gasteiger partial charge on any atom is -0.505 e. The lowest BCUT2D eigenvalue weighted by Gasteiger charge is -2.33. The lowest BCUT2D eigenvalue weighted by atomic mass is 9.90. The molecule has 1 aliphatic heterocycles. The Morgan fingerprint density at radius 3 is 2.94 bits per heavy atom. The van der Waals surface area contributed by atoms with E-state index in [2.05, 4.69) is 26.6 Å². The summed E-state index contributed by atoms with van der Waals surface area (Å²) in [4.78, 5) is 12.3. The fourth-order valence-electron chi connectivity index (χ4n) is 2.13. The van der Waals surface area contributed by atoms with Crippen molar-refractivity contribution in [3.63, 3.8) is 0 Å². The number of anilines is 1. The van der Waals surface area contributed by atoms with Gasteiger partial charge in [-0.3, -0.25) is 4.79 Å². The second-order valence-corrected chi connectivity index (χ2v) is 5.66. The van der Waals surface area contributed by atoms with Gasteiger partial charge >= 0.3 is 0 Å². The van der Waals surface area contributed by atoms with Crippen LogP contribution in [0.2, 0.25) is 0 Å². The van der Waals surface area contributed by atoms with Crippen molar-refractivity contribution >= 4 is 27.5 Å². The Kier molecular flexibility index (Phi) is 3.92. The number of phenolic OH excluding ortho intramolecular Hbond substituents is 1. The zero-order valence-corrected chi connectivity index (χ0v) is 11.9. The van der Waals surface area contributed by atoms with Crippen LogP contribution >= 0.6 is 15.9 Å². The van der Waals surface area contributed by atoms with Crippen LogP contribution in [-0.2, 0) is 4.79 Å². The van der Waals surface area contributed by atoms with Crippen molar-refractivity contribution in [3.05, 3.63) is 22.7 Å². The van der Waals surface area contributed by atoms with Crippen LogP contribution in [0.15, 0.2) is 22.7 Å². The molecular formula is C13H17BrN2O2. The van der Waals surface area contributed by atoms with E-state index in [-0.39, 0.29) is 11.7 Å². The van der Waals surface area contributed by atoms with Crippen molar-refractivity contribution in [1.82, 2.24) is 5.32 Å². The molecule has 5 heteroatoms. The lowest BCUT2D eigenvalue weighted by Crippen LogP contribution is -2.54. The summed E-state index contributed by atoms with van der Waals surface area (Å²) in [7, 11) is 0. The first-order valence-electron chi connectivity index (χ1n) is 6.07. The number of benzene rings is 1. The predicted octanol–water partition coefficient (Wildman–Crippen LogP) is 2.63. The van der Waals surface area contributed by atoms with Gasteiger partial charge in [0.2, 0.25) is 5.91 Å². The maximum atomic E-state index is 12.3. The maximum Gasteiger partial charge on any atom is 0.244 e. The van der Waals surface area contributed by atoms with Gasteiger partial charge in [0.05, 0.1) is 15.7 Å². The number of aromatic hydroxyl groups is 1. The molecule has 1 aromatic carbocycles. The largest absolute Gasteiger partial charge is 0.505 e. The maximum absolute atomic E-state index is 12.3. The van der Waals surface area contributed by atoms with E-state index in [1.54, 1.807) is 18.2 Å². The second kappa shape index (κ2) is 5.28. The van der Waals surface area contributed by atoms with Crippen LogP contribution in [0, 0.1) is 0 Å². The number of amides is 1. The Bertz CT molecular complexity index is 456. The molecule has 98 valence electrons.